The van der Waals surface area contributed by atoms with Crippen molar-refractivity contribution in [3.8, 4) is 28.5 Å². The van der Waals surface area contributed by atoms with Gasteiger partial charge in [0.15, 0.2) is 11.5 Å². The molecular formula is C23H25N5O5. The van der Waals surface area contributed by atoms with Crippen molar-refractivity contribution in [2.45, 2.75) is 0 Å². The van der Waals surface area contributed by atoms with E-state index in [2.05, 4.69) is 15.2 Å². The number of benzene rings is 1. The number of H-pyrrole nitrogens is 1. The molecule has 2 amide bonds. The average Bonchev–Trinajstić information content (AvgIpc) is 3.38. The highest BCUT2D eigenvalue weighted by Gasteiger charge is 2.28. The monoisotopic (exact) mass is 451 g/mol. The molecule has 0 bridgehead atoms. The zero-order valence-electron chi connectivity index (χ0n) is 18.7. The molecule has 10 heteroatoms. The Morgan fingerprint density at radius 2 is 1.42 bits per heavy atom. The second kappa shape index (κ2) is 9.60. The number of nitrogens with zero attached hydrogens (tertiary/aromatic N) is 4. The number of aromatic amines is 1. The Labute approximate surface area is 191 Å². The fourth-order valence-electron chi connectivity index (χ4n) is 3.77. The molecule has 0 spiro atoms. The van der Waals surface area contributed by atoms with Crippen molar-refractivity contribution in [3.05, 3.63) is 54.0 Å². The van der Waals surface area contributed by atoms with Crippen LogP contribution in [0.3, 0.4) is 0 Å². The van der Waals surface area contributed by atoms with Crippen molar-refractivity contribution in [1.29, 1.82) is 0 Å². The van der Waals surface area contributed by atoms with Gasteiger partial charge in [0.2, 0.25) is 5.75 Å². The first-order chi connectivity index (χ1) is 16.0. The maximum absolute atomic E-state index is 13.1. The summed E-state index contributed by atoms with van der Waals surface area (Å²) in [5, 5.41) is 7.05. The summed E-state index contributed by atoms with van der Waals surface area (Å²) in [6.45, 7) is 1.65. The minimum absolute atomic E-state index is 0.150. The number of piperazine rings is 1. The lowest BCUT2D eigenvalue weighted by Gasteiger charge is -2.34. The Hall–Kier alpha value is -4.08. The average molecular weight is 451 g/mol. The van der Waals surface area contributed by atoms with Crippen LogP contribution in [0.15, 0.2) is 42.7 Å². The molecule has 1 saturated heterocycles. The van der Waals surface area contributed by atoms with Gasteiger partial charge in [-0.2, -0.15) is 5.10 Å². The molecule has 0 radical (unpaired) electrons. The maximum Gasteiger partial charge on any atom is 0.272 e. The third-order valence-electron chi connectivity index (χ3n) is 5.55. The highest BCUT2D eigenvalue weighted by atomic mass is 16.5. The smallest absolute Gasteiger partial charge is 0.272 e. The van der Waals surface area contributed by atoms with Crippen LogP contribution >= 0.6 is 0 Å². The Morgan fingerprint density at radius 1 is 0.848 bits per heavy atom. The fraction of sp³-hybridized carbons (Fsp3) is 0.304. The molecule has 3 aromatic rings. The van der Waals surface area contributed by atoms with Gasteiger partial charge in [0.05, 0.1) is 27.0 Å². The van der Waals surface area contributed by atoms with E-state index in [0.717, 1.165) is 5.56 Å². The third-order valence-corrected chi connectivity index (χ3v) is 5.55. The molecule has 1 aliphatic heterocycles. The van der Waals surface area contributed by atoms with E-state index in [1.165, 1.54) is 21.3 Å². The quantitative estimate of drug-likeness (QED) is 0.611. The van der Waals surface area contributed by atoms with Gasteiger partial charge in [0, 0.05) is 49.7 Å². The lowest BCUT2D eigenvalue weighted by Crippen LogP contribution is -2.50. The topological polar surface area (TPSA) is 110 Å². The number of amides is 2. The van der Waals surface area contributed by atoms with Gasteiger partial charge >= 0.3 is 0 Å². The first-order valence-electron chi connectivity index (χ1n) is 10.4. The fourth-order valence-corrected chi connectivity index (χ4v) is 3.77. The standard InChI is InChI=1S/C23H25N5O5/c1-31-19-12-16(13-20(32-2)21(19)33-3)22(29)27-8-10-28(11-9-27)23(30)18-14-17(25-26-18)15-4-6-24-7-5-15/h4-7,12-14H,8-11H2,1-3H3,(H,25,26). The van der Waals surface area contributed by atoms with Crippen molar-refractivity contribution in [3.63, 3.8) is 0 Å². The summed E-state index contributed by atoms with van der Waals surface area (Å²) >= 11 is 0. The zero-order valence-corrected chi connectivity index (χ0v) is 18.7. The van der Waals surface area contributed by atoms with Gasteiger partial charge in [-0.25, -0.2) is 0 Å². The van der Waals surface area contributed by atoms with E-state index >= 15 is 0 Å². The molecule has 1 aromatic carbocycles. The normalized spacial score (nSPS) is 13.5. The van der Waals surface area contributed by atoms with Crippen LogP contribution in [0.5, 0.6) is 17.2 Å². The number of pyridine rings is 1. The summed E-state index contributed by atoms with van der Waals surface area (Å²) in [5.74, 6) is 0.944. The largest absolute Gasteiger partial charge is 0.493 e. The van der Waals surface area contributed by atoms with Gasteiger partial charge in [-0.3, -0.25) is 19.7 Å². The summed E-state index contributed by atoms with van der Waals surface area (Å²) in [5.41, 5.74) is 2.39. The Morgan fingerprint density at radius 3 is 1.97 bits per heavy atom. The molecule has 10 nitrogen and oxygen atoms in total. The third kappa shape index (κ3) is 4.45. The van der Waals surface area contributed by atoms with Gasteiger partial charge in [0.25, 0.3) is 11.8 Å². The molecule has 3 heterocycles. The molecule has 1 N–H and O–H groups in total. The molecule has 2 aromatic heterocycles. The van der Waals surface area contributed by atoms with Crippen LogP contribution in [-0.4, -0.2) is 84.3 Å². The van der Waals surface area contributed by atoms with Gasteiger partial charge in [-0.15, -0.1) is 0 Å². The van der Waals surface area contributed by atoms with Crippen LogP contribution in [0.1, 0.15) is 20.8 Å². The SMILES string of the molecule is COc1cc(C(=O)N2CCN(C(=O)c3cc(-c4ccncc4)n[nH]3)CC2)cc(OC)c1OC. The van der Waals surface area contributed by atoms with E-state index in [1.807, 2.05) is 12.1 Å². The number of carbonyl (C=O) groups is 2. The predicted molar refractivity (Wildman–Crippen MR) is 120 cm³/mol. The summed E-state index contributed by atoms with van der Waals surface area (Å²) in [6, 6.07) is 8.65. The Balaban J connectivity index is 1.42. The minimum Gasteiger partial charge on any atom is -0.493 e. The number of nitrogens with one attached hydrogen (secondary N) is 1. The first kappa shape index (κ1) is 22.1. The van der Waals surface area contributed by atoms with Crippen molar-refractivity contribution in [2.75, 3.05) is 47.5 Å². The number of aromatic nitrogens is 3. The van der Waals surface area contributed by atoms with Crippen molar-refractivity contribution >= 4 is 11.8 Å². The van der Waals surface area contributed by atoms with Gasteiger partial charge in [-0.05, 0) is 30.3 Å². The number of rotatable bonds is 6. The Kier molecular flexibility index (Phi) is 6.43. The van der Waals surface area contributed by atoms with Gasteiger partial charge in [-0.1, -0.05) is 0 Å². The van der Waals surface area contributed by atoms with Crippen LogP contribution < -0.4 is 14.2 Å². The highest BCUT2D eigenvalue weighted by molar-refractivity contribution is 5.96. The van der Waals surface area contributed by atoms with Crippen molar-refractivity contribution < 1.29 is 23.8 Å². The number of hydrogen-bond donors (Lipinski definition) is 1. The van der Waals surface area contributed by atoms with Crippen LogP contribution in [-0.2, 0) is 0 Å². The maximum atomic E-state index is 13.1. The molecular weight excluding hydrogens is 426 g/mol. The molecule has 33 heavy (non-hydrogen) atoms. The summed E-state index contributed by atoms with van der Waals surface area (Å²) < 4.78 is 16.0. The minimum atomic E-state index is -0.164. The molecule has 0 unspecified atom stereocenters. The molecule has 0 aliphatic carbocycles. The van der Waals surface area contributed by atoms with Crippen molar-refractivity contribution in [2.24, 2.45) is 0 Å². The van der Waals surface area contributed by atoms with Crippen LogP contribution in [0, 0.1) is 0 Å². The number of carbonyl (C=O) groups excluding carboxylic acids is 2. The van der Waals surface area contributed by atoms with Crippen LogP contribution in [0.4, 0.5) is 0 Å². The van der Waals surface area contributed by atoms with E-state index in [1.54, 1.807) is 40.4 Å². The Bertz CT molecular complexity index is 1110. The summed E-state index contributed by atoms with van der Waals surface area (Å²) in [4.78, 5) is 33.4. The van der Waals surface area contributed by atoms with Crippen LogP contribution in [0.25, 0.3) is 11.3 Å². The van der Waals surface area contributed by atoms with Crippen LogP contribution in [0.2, 0.25) is 0 Å². The molecule has 0 saturated carbocycles. The summed E-state index contributed by atoms with van der Waals surface area (Å²) in [6.07, 6.45) is 3.35. The van der Waals surface area contributed by atoms with E-state index in [9.17, 15) is 9.59 Å². The lowest BCUT2D eigenvalue weighted by molar-refractivity contribution is 0.0532. The second-order valence-electron chi connectivity index (χ2n) is 7.40. The molecule has 1 aliphatic rings. The highest BCUT2D eigenvalue weighted by Crippen LogP contribution is 2.38. The second-order valence-corrected chi connectivity index (χ2v) is 7.40. The number of hydrogen-bond acceptors (Lipinski definition) is 7. The number of ether oxygens (including phenoxy) is 3. The van der Waals surface area contributed by atoms with E-state index in [0.29, 0.717) is 60.4 Å². The van der Waals surface area contributed by atoms with Gasteiger partial charge in [0.1, 0.15) is 5.69 Å². The number of methoxy groups -OCH3 is 3. The van der Waals surface area contributed by atoms with Gasteiger partial charge < -0.3 is 24.0 Å². The summed E-state index contributed by atoms with van der Waals surface area (Å²) in [7, 11) is 4.52. The predicted octanol–water partition coefficient (Wildman–Crippen LogP) is 2.10. The molecule has 0 atom stereocenters. The lowest BCUT2D eigenvalue weighted by atomic mass is 10.1. The zero-order chi connectivity index (χ0) is 23.4. The molecule has 172 valence electrons. The van der Waals surface area contributed by atoms with E-state index in [-0.39, 0.29) is 11.8 Å². The van der Waals surface area contributed by atoms with E-state index < -0.39 is 0 Å². The van der Waals surface area contributed by atoms with E-state index in [4.69, 9.17) is 14.2 Å². The molecule has 1 fully saturated rings. The van der Waals surface area contributed by atoms with Crippen molar-refractivity contribution in [1.82, 2.24) is 25.0 Å². The molecule has 4 rings (SSSR count). The first-order valence-corrected chi connectivity index (χ1v) is 10.4.